The number of benzene rings is 3. The summed E-state index contributed by atoms with van der Waals surface area (Å²) >= 11 is 0. The van der Waals surface area contributed by atoms with Crippen molar-refractivity contribution in [3.63, 3.8) is 0 Å². The van der Waals surface area contributed by atoms with Gasteiger partial charge in [0.15, 0.2) is 0 Å². The Kier molecular flexibility index (Phi) is 6.28. The summed E-state index contributed by atoms with van der Waals surface area (Å²) in [5, 5.41) is 8.05. The molecule has 1 aliphatic rings. The van der Waals surface area contributed by atoms with Crippen LogP contribution < -0.4 is 9.44 Å². The van der Waals surface area contributed by atoms with Gasteiger partial charge >= 0.3 is 0 Å². The van der Waals surface area contributed by atoms with Gasteiger partial charge < -0.3 is 4.98 Å². The van der Waals surface area contributed by atoms with E-state index >= 15 is 0 Å². The molecule has 1 aliphatic heterocycles. The lowest BCUT2D eigenvalue weighted by Gasteiger charge is -2.18. The molecule has 0 bridgehead atoms. The minimum atomic E-state index is -3.98. The Labute approximate surface area is 213 Å². The summed E-state index contributed by atoms with van der Waals surface area (Å²) in [6, 6.07) is 20.8. The Bertz CT molecular complexity index is 1710. The second-order valence-electron chi connectivity index (χ2n) is 8.66. The third-order valence-corrected chi connectivity index (χ3v) is 9.31. The van der Waals surface area contributed by atoms with E-state index in [0.29, 0.717) is 22.5 Å². The summed E-state index contributed by atoms with van der Waals surface area (Å²) < 4.78 is 55.5. The van der Waals surface area contributed by atoms with E-state index in [0.717, 1.165) is 11.1 Å². The smallest absolute Gasteiger partial charge is 0.242 e. The van der Waals surface area contributed by atoms with Gasteiger partial charge in [-0.2, -0.15) is 5.26 Å². The number of sulfonamides is 2. The molecule has 1 aromatic heterocycles. The number of nitrogens with zero attached hydrogens (tertiary/aromatic N) is 2. The minimum Gasteiger partial charge on any atom is -0.341 e. The number of nitrogens with one attached hydrogen (secondary N) is 3. The number of aromatic amines is 1. The van der Waals surface area contributed by atoms with Crippen LogP contribution in [0.15, 0.2) is 77.7 Å². The highest BCUT2D eigenvalue weighted by molar-refractivity contribution is 7.90. The van der Waals surface area contributed by atoms with E-state index in [9.17, 15) is 21.6 Å². The normalized spacial score (nSPS) is 17.8. The van der Waals surface area contributed by atoms with Crippen molar-refractivity contribution in [3.05, 3.63) is 95.3 Å². The number of fused-ring (bicyclic) bond motifs is 1. The van der Waals surface area contributed by atoms with Crippen molar-refractivity contribution in [2.24, 2.45) is 0 Å². The predicted molar refractivity (Wildman–Crippen MR) is 135 cm³/mol. The summed E-state index contributed by atoms with van der Waals surface area (Å²) in [5.74, 6) is -0.133. The first-order chi connectivity index (χ1) is 17.6. The molecule has 2 heterocycles. The summed E-state index contributed by atoms with van der Waals surface area (Å²) in [4.78, 5) is 19.3. The van der Waals surface area contributed by atoms with Gasteiger partial charge in [0.2, 0.25) is 26.0 Å². The summed E-state index contributed by atoms with van der Waals surface area (Å²) in [5.41, 5.74) is 2.97. The number of rotatable bonds is 7. The average Bonchev–Trinajstić information content (AvgIpc) is 3.43. The summed E-state index contributed by atoms with van der Waals surface area (Å²) in [7, 11) is -7.75. The monoisotopic (exact) mass is 535 g/mol. The number of hydrogen-bond donors (Lipinski definition) is 3. The van der Waals surface area contributed by atoms with Gasteiger partial charge in [-0.3, -0.25) is 9.52 Å². The van der Waals surface area contributed by atoms with Crippen molar-refractivity contribution in [1.29, 1.82) is 5.26 Å². The third kappa shape index (κ3) is 5.10. The molecule has 2 atom stereocenters. The van der Waals surface area contributed by atoms with E-state index in [4.69, 9.17) is 5.26 Å². The lowest BCUT2D eigenvalue weighted by molar-refractivity contribution is -0.118. The number of imidazole rings is 1. The maximum Gasteiger partial charge on any atom is 0.242 e. The zero-order valence-corrected chi connectivity index (χ0v) is 20.9. The number of amides is 1. The van der Waals surface area contributed by atoms with Crippen LogP contribution in [0, 0.1) is 11.3 Å². The van der Waals surface area contributed by atoms with Crippen LogP contribution in [0.3, 0.4) is 0 Å². The van der Waals surface area contributed by atoms with E-state index in [1.165, 1.54) is 24.3 Å². The largest absolute Gasteiger partial charge is 0.341 e. The number of H-pyrrole nitrogens is 1. The van der Waals surface area contributed by atoms with E-state index in [1.54, 1.807) is 24.3 Å². The molecule has 37 heavy (non-hydrogen) atoms. The number of carbonyl (C=O) groups excluding carboxylic acids is 1. The Morgan fingerprint density at radius 1 is 1.05 bits per heavy atom. The molecular weight excluding hydrogens is 514 g/mol. The molecule has 1 fully saturated rings. The van der Waals surface area contributed by atoms with Crippen LogP contribution in [0.4, 0.5) is 0 Å². The van der Waals surface area contributed by atoms with Crippen molar-refractivity contribution < 1.29 is 21.6 Å². The number of para-hydroxylation sites is 2. The van der Waals surface area contributed by atoms with Crippen LogP contribution in [-0.4, -0.2) is 32.7 Å². The molecule has 5 rings (SSSR count). The molecule has 0 saturated carbocycles. The topological polar surface area (TPSA) is 162 Å². The maximum absolute atomic E-state index is 13.2. The van der Waals surface area contributed by atoms with Crippen molar-refractivity contribution in [3.8, 4) is 6.07 Å². The zero-order valence-electron chi connectivity index (χ0n) is 19.2. The first-order valence-electron chi connectivity index (χ1n) is 11.2. The standard InChI is InChI=1S/C25H21N5O5S2/c26-15-17-7-11-19(12-8-17)36(32,33)29-22(25-27-20-3-1-2-4-21(20)28-25)13-16-5-9-18(10-6-16)23-14-24(31)30-37(23,34)35/h1-12,22-23,29H,13-14H2,(H,27,28)(H,30,31)/t22-,23?/m0/s1. The predicted octanol–water partition coefficient (Wildman–Crippen LogP) is 2.59. The van der Waals surface area contributed by atoms with Crippen LogP contribution in [0.5, 0.6) is 0 Å². The maximum atomic E-state index is 13.2. The van der Waals surface area contributed by atoms with E-state index < -0.39 is 37.2 Å². The third-order valence-electron chi connectivity index (χ3n) is 6.12. The fourth-order valence-corrected chi connectivity index (χ4v) is 6.88. The molecule has 1 saturated heterocycles. The highest BCUT2D eigenvalue weighted by Crippen LogP contribution is 2.31. The second-order valence-corrected chi connectivity index (χ2v) is 12.2. The van der Waals surface area contributed by atoms with Gasteiger partial charge in [-0.1, -0.05) is 36.4 Å². The van der Waals surface area contributed by atoms with Crippen LogP contribution in [0.1, 0.15) is 40.2 Å². The fourth-order valence-electron chi connectivity index (χ4n) is 4.25. The van der Waals surface area contributed by atoms with Crippen molar-refractivity contribution in [2.75, 3.05) is 0 Å². The average molecular weight is 536 g/mol. The van der Waals surface area contributed by atoms with E-state index in [1.807, 2.05) is 35.1 Å². The molecule has 0 aliphatic carbocycles. The van der Waals surface area contributed by atoms with Gasteiger partial charge in [0.1, 0.15) is 11.1 Å². The number of carbonyl (C=O) groups is 1. The van der Waals surface area contributed by atoms with Crippen molar-refractivity contribution >= 4 is 37.0 Å². The number of aromatic nitrogens is 2. The highest BCUT2D eigenvalue weighted by atomic mass is 32.2. The first-order valence-corrected chi connectivity index (χ1v) is 14.3. The van der Waals surface area contributed by atoms with Gasteiger partial charge in [0, 0.05) is 0 Å². The Morgan fingerprint density at radius 2 is 1.76 bits per heavy atom. The molecule has 1 amide bonds. The molecule has 12 heteroatoms. The summed E-state index contributed by atoms with van der Waals surface area (Å²) in [6.07, 6.45) is 0.0673. The lowest BCUT2D eigenvalue weighted by atomic mass is 10.0. The molecule has 3 aromatic carbocycles. The van der Waals surface area contributed by atoms with Gasteiger partial charge in [-0.15, -0.1) is 0 Å². The number of hydrogen-bond acceptors (Lipinski definition) is 7. The van der Waals surface area contributed by atoms with E-state index in [-0.39, 0.29) is 17.7 Å². The van der Waals surface area contributed by atoms with Gasteiger partial charge in [-0.05, 0) is 53.9 Å². The first kappa shape index (κ1) is 24.6. The Morgan fingerprint density at radius 3 is 2.38 bits per heavy atom. The highest BCUT2D eigenvalue weighted by Gasteiger charge is 2.37. The molecule has 3 N–H and O–H groups in total. The molecule has 0 spiro atoms. The van der Waals surface area contributed by atoms with Crippen molar-refractivity contribution in [1.82, 2.24) is 19.4 Å². The molecule has 10 nitrogen and oxygen atoms in total. The van der Waals surface area contributed by atoms with Gasteiger partial charge in [-0.25, -0.2) is 26.5 Å². The summed E-state index contributed by atoms with van der Waals surface area (Å²) in [6.45, 7) is 0. The second kappa shape index (κ2) is 9.44. The molecule has 0 radical (unpaired) electrons. The quantitative estimate of drug-likeness (QED) is 0.328. The van der Waals surface area contributed by atoms with Crippen LogP contribution in [0.2, 0.25) is 0 Å². The van der Waals surface area contributed by atoms with Crippen LogP contribution in [-0.2, 0) is 31.3 Å². The lowest BCUT2D eigenvalue weighted by Crippen LogP contribution is -2.31. The Hall–Kier alpha value is -4.05. The molecular formula is C25H21N5O5S2. The van der Waals surface area contributed by atoms with Crippen LogP contribution in [0.25, 0.3) is 11.0 Å². The minimum absolute atomic E-state index is 0.00608. The molecule has 1 unspecified atom stereocenters. The van der Waals surface area contributed by atoms with Gasteiger partial charge in [0.05, 0.1) is 40.0 Å². The number of nitriles is 1. The SMILES string of the molecule is N#Cc1ccc(S(=O)(=O)N[C@@H](Cc2ccc(C3CC(=O)NS3(=O)=O)cc2)c2nc3ccccc3[nH]2)cc1. The molecule has 188 valence electrons. The van der Waals surface area contributed by atoms with Crippen molar-refractivity contribution in [2.45, 2.75) is 29.0 Å². The van der Waals surface area contributed by atoms with Gasteiger partial charge in [0.25, 0.3) is 0 Å². The fraction of sp³-hybridized carbons (Fsp3) is 0.160. The zero-order chi connectivity index (χ0) is 26.2. The van der Waals surface area contributed by atoms with E-state index in [2.05, 4.69) is 14.7 Å². The Balaban J connectivity index is 1.46. The molecule has 4 aromatic rings. The van der Waals surface area contributed by atoms with Crippen LogP contribution >= 0.6 is 0 Å².